The number of para-hydroxylation sites is 1. The average molecular weight is 428 g/mol. The lowest BCUT2D eigenvalue weighted by Gasteiger charge is -2.22. The van der Waals surface area contributed by atoms with Crippen LogP contribution in [0.1, 0.15) is 54.8 Å². The van der Waals surface area contributed by atoms with Crippen LogP contribution in [-0.2, 0) is 11.4 Å². The number of hydrazine groups is 1. The highest BCUT2D eigenvalue weighted by atomic mass is 16.5. The van der Waals surface area contributed by atoms with Crippen molar-refractivity contribution in [1.29, 1.82) is 0 Å². The van der Waals surface area contributed by atoms with Gasteiger partial charge in [0.2, 0.25) is 5.91 Å². The van der Waals surface area contributed by atoms with Gasteiger partial charge in [0.25, 0.3) is 0 Å². The number of furan rings is 1. The van der Waals surface area contributed by atoms with Gasteiger partial charge in [0, 0.05) is 19.0 Å². The summed E-state index contributed by atoms with van der Waals surface area (Å²) in [5.41, 5.74) is 4.59. The highest BCUT2D eigenvalue weighted by molar-refractivity contribution is 5.93. The molecule has 0 bridgehead atoms. The van der Waals surface area contributed by atoms with Gasteiger partial charge in [-0.05, 0) is 37.1 Å². The molecular weight excluding hydrogens is 400 g/mol. The van der Waals surface area contributed by atoms with Crippen LogP contribution in [0.4, 0.5) is 4.79 Å². The molecule has 1 aromatic carbocycles. The molecule has 4 amide bonds. The fourth-order valence-corrected chi connectivity index (χ4v) is 3.27. The fraction of sp³-hybridized carbons (Fsp3) is 0.409. The lowest BCUT2D eigenvalue weighted by molar-refractivity contribution is -0.121. The Labute approximate surface area is 180 Å². The fourth-order valence-electron chi connectivity index (χ4n) is 3.27. The zero-order valence-electron chi connectivity index (χ0n) is 17.3. The summed E-state index contributed by atoms with van der Waals surface area (Å²) < 4.78 is 11.0. The summed E-state index contributed by atoms with van der Waals surface area (Å²) in [6.07, 6.45) is 5.49. The first kappa shape index (κ1) is 22.2. The minimum absolute atomic E-state index is 0.0344. The molecule has 1 aliphatic carbocycles. The molecule has 0 aliphatic heterocycles. The Hall–Kier alpha value is -3.49. The first-order valence-corrected chi connectivity index (χ1v) is 10.5. The molecule has 166 valence electrons. The third kappa shape index (κ3) is 7.69. The molecule has 0 unspecified atom stereocenters. The Balaban J connectivity index is 1.30. The van der Waals surface area contributed by atoms with Gasteiger partial charge in [0.05, 0.1) is 0 Å². The summed E-state index contributed by atoms with van der Waals surface area (Å²) in [4.78, 5) is 35.8. The Morgan fingerprint density at radius 1 is 0.968 bits per heavy atom. The zero-order valence-corrected chi connectivity index (χ0v) is 17.3. The lowest BCUT2D eigenvalue weighted by Crippen LogP contribution is -2.45. The van der Waals surface area contributed by atoms with Gasteiger partial charge < -0.3 is 19.8 Å². The van der Waals surface area contributed by atoms with Crippen molar-refractivity contribution in [2.24, 2.45) is 0 Å². The average Bonchev–Trinajstić information content (AvgIpc) is 3.27. The first-order chi connectivity index (χ1) is 15.1. The highest BCUT2D eigenvalue weighted by Crippen LogP contribution is 2.17. The van der Waals surface area contributed by atoms with Gasteiger partial charge in [-0.2, -0.15) is 0 Å². The topological polar surface area (TPSA) is 122 Å². The summed E-state index contributed by atoms with van der Waals surface area (Å²) in [5, 5.41) is 5.57. The molecule has 1 heterocycles. The van der Waals surface area contributed by atoms with Gasteiger partial charge in [-0.15, -0.1) is 0 Å². The normalized spacial score (nSPS) is 13.8. The highest BCUT2D eigenvalue weighted by Gasteiger charge is 2.16. The minimum atomic E-state index is -0.581. The van der Waals surface area contributed by atoms with Crippen LogP contribution in [0.25, 0.3) is 0 Å². The van der Waals surface area contributed by atoms with Gasteiger partial charge in [0.1, 0.15) is 18.1 Å². The Morgan fingerprint density at radius 2 is 1.74 bits per heavy atom. The van der Waals surface area contributed by atoms with E-state index in [9.17, 15) is 14.4 Å². The van der Waals surface area contributed by atoms with Crippen LogP contribution in [0.2, 0.25) is 0 Å². The molecule has 2 aromatic rings. The maximum absolute atomic E-state index is 12.1. The van der Waals surface area contributed by atoms with Gasteiger partial charge in [0.15, 0.2) is 5.76 Å². The molecule has 0 spiro atoms. The zero-order chi connectivity index (χ0) is 21.9. The maximum atomic E-state index is 12.1. The quantitative estimate of drug-likeness (QED) is 0.482. The smallest absolute Gasteiger partial charge is 0.315 e. The maximum Gasteiger partial charge on any atom is 0.315 e. The standard InChI is InChI=1S/C22H28N4O5/c27-20(13-14-23-22(29)24-16-7-3-1-4-8-16)25-26-21(28)19-12-11-18(31-19)15-30-17-9-5-2-6-10-17/h2,5-6,9-12,16H,1,3-4,7-8,13-15H2,(H,25,27)(H,26,28)(H2,23,24,29). The number of ether oxygens (including phenoxy) is 1. The van der Waals surface area contributed by atoms with E-state index >= 15 is 0 Å². The number of benzene rings is 1. The van der Waals surface area contributed by atoms with Crippen LogP contribution < -0.4 is 26.2 Å². The second-order valence-corrected chi connectivity index (χ2v) is 7.36. The van der Waals surface area contributed by atoms with E-state index in [0.717, 1.165) is 25.7 Å². The number of rotatable bonds is 8. The lowest BCUT2D eigenvalue weighted by atomic mass is 9.96. The van der Waals surface area contributed by atoms with Gasteiger partial charge in [-0.3, -0.25) is 20.4 Å². The van der Waals surface area contributed by atoms with E-state index in [4.69, 9.17) is 9.15 Å². The number of amides is 4. The van der Waals surface area contributed by atoms with Gasteiger partial charge in [-0.1, -0.05) is 37.5 Å². The van der Waals surface area contributed by atoms with Crippen molar-refractivity contribution >= 4 is 17.8 Å². The van der Waals surface area contributed by atoms with Gasteiger partial charge >= 0.3 is 11.9 Å². The molecule has 0 saturated heterocycles. The molecule has 1 aromatic heterocycles. The van der Waals surface area contributed by atoms with Crippen molar-refractivity contribution in [3.05, 3.63) is 54.0 Å². The van der Waals surface area contributed by atoms with E-state index < -0.39 is 11.8 Å². The largest absolute Gasteiger partial charge is 0.486 e. The molecule has 4 N–H and O–H groups in total. The van der Waals surface area contributed by atoms with E-state index in [-0.39, 0.29) is 37.4 Å². The Bertz CT molecular complexity index is 862. The number of nitrogens with one attached hydrogen (secondary N) is 4. The molecule has 1 fully saturated rings. The number of carbonyl (C=O) groups excluding carboxylic acids is 3. The van der Waals surface area contributed by atoms with E-state index in [1.165, 1.54) is 12.5 Å². The Kier molecular flexibility index (Phi) is 8.33. The number of hydrogen-bond acceptors (Lipinski definition) is 5. The van der Waals surface area contributed by atoms with Crippen LogP contribution >= 0.6 is 0 Å². The molecule has 9 nitrogen and oxygen atoms in total. The van der Waals surface area contributed by atoms with Crippen LogP contribution in [-0.4, -0.2) is 30.4 Å². The summed E-state index contributed by atoms with van der Waals surface area (Å²) in [6, 6.07) is 12.3. The summed E-state index contributed by atoms with van der Waals surface area (Å²) >= 11 is 0. The second kappa shape index (κ2) is 11.6. The number of carbonyl (C=O) groups is 3. The van der Waals surface area contributed by atoms with Crippen molar-refractivity contribution in [2.75, 3.05) is 6.54 Å². The number of hydrogen-bond donors (Lipinski definition) is 4. The van der Waals surface area contributed by atoms with E-state index in [0.29, 0.717) is 11.5 Å². The molecule has 3 rings (SSSR count). The summed E-state index contributed by atoms with van der Waals surface area (Å²) in [5.74, 6) is 0.219. The second-order valence-electron chi connectivity index (χ2n) is 7.36. The van der Waals surface area contributed by atoms with Crippen molar-refractivity contribution in [2.45, 2.75) is 51.2 Å². The summed E-state index contributed by atoms with van der Waals surface area (Å²) in [7, 11) is 0. The van der Waals surface area contributed by atoms with Crippen molar-refractivity contribution in [3.8, 4) is 5.75 Å². The molecule has 0 atom stereocenters. The SMILES string of the molecule is O=C(CCNC(=O)NC1CCCCC1)NNC(=O)c1ccc(COc2ccccc2)o1. The van der Waals surface area contributed by atoms with Crippen LogP contribution in [0.5, 0.6) is 5.75 Å². The first-order valence-electron chi connectivity index (χ1n) is 10.5. The third-order valence-electron chi connectivity index (χ3n) is 4.90. The summed E-state index contributed by atoms with van der Waals surface area (Å²) in [6.45, 7) is 0.347. The molecular formula is C22H28N4O5. The molecule has 1 aliphatic rings. The van der Waals surface area contributed by atoms with E-state index in [2.05, 4.69) is 21.5 Å². The molecule has 1 saturated carbocycles. The van der Waals surface area contributed by atoms with Crippen LogP contribution in [0.15, 0.2) is 46.9 Å². The van der Waals surface area contributed by atoms with Gasteiger partial charge in [-0.25, -0.2) is 4.79 Å². The van der Waals surface area contributed by atoms with E-state index in [1.807, 2.05) is 30.3 Å². The minimum Gasteiger partial charge on any atom is -0.486 e. The number of urea groups is 1. The van der Waals surface area contributed by atoms with Crippen molar-refractivity contribution in [3.63, 3.8) is 0 Å². The van der Waals surface area contributed by atoms with Crippen molar-refractivity contribution in [1.82, 2.24) is 21.5 Å². The monoisotopic (exact) mass is 428 g/mol. The Morgan fingerprint density at radius 3 is 2.52 bits per heavy atom. The predicted molar refractivity (Wildman–Crippen MR) is 113 cm³/mol. The molecule has 0 radical (unpaired) electrons. The van der Waals surface area contributed by atoms with Crippen LogP contribution in [0, 0.1) is 0 Å². The molecule has 9 heteroatoms. The molecule has 31 heavy (non-hydrogen) atoms. The van der Waals surface area contributed by atoms with Crippen molar-refractivity contribution < 1.29 is 23.5 Å². The predicted octanol–water partition coefficient (Wildman–Crippen LogP) is 2.64. The third-order valence-corrected chi connectivity index (χ3v) is 4.90. The van der Waals surface area contributed by atoms with E-state index in [1.54, 1.807) is 6.07 Å². The van der Waals surface area contributed by atoms with Crippen LogP contribution in [0.3, 0.4) is 0 Å².